The van der Waals surface area contributed by atoms with E-state index < -0.39 is 0 Å². The molecular formula is C17H17N5OS. The Morgan fingerprint density at radius 2 is 1.92 bits per heavy atom. The van der Waals surface area contributed by atoms with E-state index in [0.717, 1.165) is 21.8 Å². The number of aromatic nitrogens is 4. The van der Waals surface area contributed by atoms with Crippen molar-refractivity contribution in [3.05, 3.63) is 59.7 Å². The number of hydrogen-bond acceptors (Lipinski definition) is 5. The Morgan fingerprint density at radius 1 is 1.17 bits per heavy atom. The zero-order valence-corrected chi connectivity index (χ0v) is 14.5. The molecule has 0 radical (unpaired) electrons. The molecule has 0 unspecified atom stereocenters. The Bertz CT molecular complexity index is 876. The average molecular weight is 339 g/mol. The second-order valence-corrected chi connectivity index (χ2v) is 6.40. The molecule has 0 aliphatic carbocycles. The summed E-state index contributed by atoms with van der Waals surface area (Å²) >= 11 is 1.48. The van der Waals surface area contributed by atoms with Crippen molar-refractivity contribution >= 4 is 23.4 Å². The Balaban J connectivity index is 1.75. The van der Waals surface area contributed by atoms with Gasteiger partial charge in [0.05, 0.1) is 5.69 Å². The molecular weight excluding hydrogens is 322 g/mol. The van der Waals surface area contributed by atoms with Gasteiger partial charge >= 0.3 is 0 Å². The van der Waals surface area contributed by atoms with Crippen LogP contribution in [0.25, 0.3) is 0 Å². The van der Waals surface area contributed by atoms with Gasteiger partial charge < -0.3 is 5.32 Å². The summed E-state index contributed by atoms with van der Waals surface area (Å²) < 4.78 is 1.58. The molecule has 2 heterocycles. The highest BCUT2D eigenvalue weighted by Crippen LogP contribution is 2.28. The van der Waals surface area contributed by atoms with Crippen molar-refractivity contribution in [1.29, 1.82) is 0 Å². The first kappa shape index (κ1) is 16.2. The lowest BCUT2D eigenvalue weighted by Crippen LogP contribution is -2.16. The van der Waals surface area contributed by atoms with Crippen LogP contribution in [0.4, 0.5) is 5.69 Å². The van der Waals surface area contributed by atoms with Gasteiger partial charge in [0.15, 0.2) is 5.16 Å². The molecule has 0 bridgehead atoms. The zero-order valence-electron chi connectivity index (χ0n) is 13.6. The van der Waals surface area contributed by atoms with E-state index in [4.69, 9.17) is 0 Å². The lowest BCUT2D eigenvalue weighted by atomic mass is 10.2. The van der Waals surface area contributed by atoms with Crippen molar-refractivity contribution in [2.45, 2.75) is 23.9 Å². The molecule has 3 rings (SSSR count). The second kappa shape index (κ2) is 6.84. The van der Waals surface area contributed by atoms with E-state index in [1.165, 1.54) is 11.8 Å². The van der Waals surface area contributed by atoms with Crippen molar-refractivity contribution in [3.8, 4) is 0 Å². The fourth-order valence-electron chi connectivity index (χ4n) is 2.29. The first-order valence-electron chi connectivity index (χ1n) is 7.40. The van der Waals surface area contributed by atoms with Gasteiger partial charge in [0, 0.05) is 30.0 Å². The predicted molar refractivity (Wildman–Crippen MR) is 93.2 cm³/mol. The summed E-state index contributed by atoms with van der Waals surface area (Å²) in [5.41, 5.74) is 3.09. The average Bonchev–Trinajstić information content (AvgIpc) is 2.89. The van der Waals surface area contributed by atoms with Gasteiger partial charge in [0.1, 0.15) is 5.69 Å². The van der Waals surface area contributed by atoms with Gasteiger partial charge in [-0.05, 0) is 61.5 Å². The summed E-state index contributed by atoms with van der Waals surface area (Å²) in [5, 5.41) is 7.82. The van der Waals surface area contributed by atoms with Crippen molar-refractivity contribution < 1.29 is 4.79 Å². The minimum absolute atomic E-state index is 0.173. The van der Waals surface area contributed by atoms with Crippen LogP contribution >= 0.6 is 11.8 Å². The SMILES string of the molecule is Cc1cc(C(=O)Nc2ccc(Sc3ncccn3)cc2C)n(C)n1. The maximum absolute atomic E-state index is 12.4. The van der Waals surface area contributed by atoms with Crippen LogP contribution < -0.4 is 5.32 Å². The molecule has 0 atom stereocenters. The topological polar surface area (TPSA) is 72.7 Å². The van der Waals surface area contributed by atoms with Gasteiger partial charge in [-0.15, -0.1) is 0 Å². The molecule has 0 aliphatic rings. The molecule has 7 heteroatoms. The fourth-order valence-corrected chi connectivity index (χ4v) is 3.10. The first-order valence-corrected chi connectivity index (χ1v) is 8.22. The summed E-state index contributed by atoms with van der Waals surface area (Å²) in [6.07, 6.45) is 3.43. The number of amides is 1. The molecule has 0 fully saturated rings. The number of aryl methyl sites for hydroxylation is 3. The third-order valence-electron chi connectivity index (χ3n) is 3.43. The molecule has 1 aromatic carbocycles. The van der Waals surface area contributed by atoms with Crippen LogP contribution in [-0.4, -0.2) is 25.7 Å². The van der Waals surface area contributed by atoms with Gasteiger partial charge in [-0.3, -0.25) is 9.48 Å². The van der Waals surface area contributed by atoms with Crippen LogP contribution in [0.3, 0.4) is 0 Å². The van der Waals surface area contributed by atoms with E-state index in [0.29, 0.717) is 10.9 Å². The Labute approximate surface area is 144 Å². The molecule has 0 aliphatic heterocycles. The van der Waals surface area contributed by atoms with Crippen molar-refractivity contribution in [1.82, 2.24) is 19.7 Å². The molecule has 1 N–H and O–H groups in total. The predicted octanol–water partition coefficient (Wildman–Crippen LogP) is 3.23. The maximum Gasteiger partial charge on any atom is 0.273 e. The largest absolute Gasteiger partial charge is 0.320 e. The lowest BCUT2D eigenvalue weighted by Gasteiger charge is -2.10. The molecule has 0 saturated heterocycles. The second-order valence-electron chi connectivity index (χ2n) is 5.36. The summed E-state index contributed by atoms with van der Waals surface area (Å²) in [6.45, 7) is 3.82. The highest BCUT2D eigenvalue weighted by molar-refractivity contribution is 7.99. The van der Waals surface area contributed by atoms with Gasteiger partial charge in [0.2, 0.25) is 0 Å². The molecule has 122 valence electrons. The number of anilines is 1. The van der Waals surface area contributed by atoms with Gasteiger partial charge in [-0.25, -0.2) is 9.97 Å². The molecule has 2 aromatic heterocycles. The van der Waals surface area contributed by atoms with Crippen molar-refractivity contribution in [2.24, 2.45) is 7.05 Å². The standard InChI is InChI=1S/C17H17N5OS/c1-11-9-13(24-17-18-7-4-8-19-17)5-6-14(11)20-16(23)15-10-12(2)21-22(15)3/h4-10H,1-3H3,(H,20,23). The van der Waals surface area contributed by atoms with Crippen molar-refractivity contribution in [2.75, 3.05) is 5.32 Å². The van der Waals surface area contributed by atoms with Crippen LogP contribution in [-0.2, 0) is 7.05 Å². The van der Waals surface area contributed by atoms with Gasteiger partial charge in [-0.1, -0.05) is 0 Å². The minimum atomic E-state index is -0.173. The summed E-state index contributed by atoms with van der Waals surface area (Å²) in [4.78, 5) is 21.8. The van der Waals surface area contributed by atoms with Gasteiger partial charge in [0.25, 0.3) is 5.91 Å². The maximum atomic E-state index is 12.4. The Morgan fingerprint density at radius 3 is 2.54 bits per heavy atom. The number of nitrogens with zero attached hydrogens (tertiary/aromatic N) is 4. The third kappa shape index (κ3) is 3.62. The van der Waals surface area contributed by atoms with Crippen LogP contribution in [0.2, 0.25) is 0 Å². The normalized spacial score (nSPS) is 10.6. The lowest BCUT2D eigenvalue weighted by molar-refractivity contribution is 0.101. The number of carbonyl (C=O) groups is 1. The third-order valence-corrected chi connectivity index (χ3v) is 4.31. The Hall–Kier alpha value is -2.67. The smallest absolute Gasteiger partial charge is 0.273 e. The summed E-state index contributed by atoms with van der Waals surface area (Å²) in [6, 6.07) is 9.39. The molecule has 1 amide bonds. The molecule has 3 aromatic rings. The number of carbonyl (C=O) groups excluding carboxylic acids is 1. The van der Waals surface area contributed by atoms with E-state index in [1.807, 2.05) is 32.0 Å². The van der Waals surface area contributed by atoms with E-state index in [9.17, 15) is 4.79 Å². The van der Waals surface area contributed by atoms with E-state index in [1.54, 1.807) is 36.3 Å². The first-order chi connectivity index (χ1) is 11.5. The Kier molecular flexibility index (Phi) is 4.61. The van der Waals surface area contributed by atoms with Crippen LogP contribution in [0.5, 0.6) is 0 Å². The van der Waals surface area contributed by atoms with Gasteiger partial charge in [-0.2, -0.15) is 5.10 Å². The quantitative estimate of drug-likeness (QED) is 0.739. The number of benzene rings is 1. The highest BCUT2D eigenvalue weighted by atomic mass is 32.2. The van der Waals surface area contributed by atoms with Crippen LogP contribution in [0.1, 0.15) is 21.7 Å². The summed E-state index contributed by atoms with van der Waals surface area (Å²) in [7, 11) is 1.76. The number of rotatable bonds is 4. The van der Waals surface area contributed by atoms with Crippen LogP contribution in [0.15, 0.2) is 52.8 Å². The van der Waals surface area contributed by atoms with E-state index in [-0.39, 0.29) is 5.91 Å². The van der Waals surface area contributed by atoms with E-state index >= 15 is 0 Å². The molecule has 24 heavy (non-hydrogen) atoms. The number of nitrogens with one attached hydrogen (secondary N) is 1. The molecule has 0 spiro atoms. The van der Waals surface area contributed by atoms with E-state index in [2.05, 4.69) is 20.4 Å². The summed E-state index contributed by atoms with van der Waals surface area (Å²) in [5.74, 6) is -0.173. The number of hydrogen-bond donors (Lipinski definition) is 1. The zero-order chi connectivity index (χ0) is 17.1. The molecule has 0 saturated carbocycles. The molecule has 6 nitrogen and oxygen atoms in total. The highest BCUT2D eigenvalue weighted by Gasteiger charge is 2.13. The fraction of sp³-hybridized carbons (Fsp3) is 0.176. The minimum Gasteiger partial charge on any atom is -0.320 e. The monoisotopic (exact) mass is 339 g/mol. The van der Waals surface area contributed by atoms with Crippen LogP contribution in [0, 0.1) is 13.8 Å². The van der Waals surface area contributed by atoms with Crippen molar-refractivity contribution in [3.63, 3.8) is 0 Å².